The van der Waals surface area contributed by atoms with E-state index in [1.54, 1.807) is 31.4 Å². The van der Waals surface area contributed by atoms with Gasteiger partial charge in [-0.1, -0.05) is 12.1 Å². The fourth-order valence-electron chi connectivity index (χ4n) is 1.78. The maximum Gasteiger partial charge on any atom is 0.156 e. The molecule has 0 atom stereocenters. The molecule has 0 saturated heterocycles. The molecule has 1 aromatic heterocycles. The second-order valence-electron chi connectivity index (χ2n) is 3.81. The van der Waals surface area contributed by atoms with Crippen LogP contribution >= 0.6 is 0 Å². The monoisotopic (exact) mass is 256 g/mol. The van der Waals surface area contributed by atoms with Crippen molar-refractivity contribution >= 4 is 12.1 Å². The predicted molar refractivity (Wildman–Crippen MR) is 69.6 cm³/mol. The Balaban J connectivity index is 2.58. The van der Waals surface area contributed by atoms with E-state index in [2.05, 4.69) is 5.10 Å². The Bertz CT molecular complexity index is 655. The number of methoxy groups -OCH3 is 1. The van der Waals surface area contributed by atoms with Crippen molar-refractivity contribution in [3.05, 3.63) is 29.8 Å². The van der Waals surface area contributed by atoms with Crippen molar-refractivity contribution in [2.45, 2.75) is 6.54 Å². The van der Waals surface area contributed by atoms with E-state index in [-0.39, 0.29) is 17.9 Å². The number of rotatable bonds is 4. The fraction of sp³-hybridized carbons (Fsp3) is 0.154. The van der Waals surface area contributed by atoms with E-state index in [9.17, 15) is 4.79 Å². The zero-order valence-electron chi connectivity index (χ0n) is 10.3. The summed E-state index contributed by atoms with van der Waals surface area (Å²) < 4.78 is 6.43. The van der Waals surface area contributed by atoms with Crippen molar-refractivity contribution in [3.63, 3.8) is 0 Å². The summed E-state index contributed by atoms with van der Waals surface area (Å²) in [6, 6.07) is 9.08. The number of hydrogen-bond donors (Lipinski definition) is 1. The normalized spacial score (nSPS) is 9.89. The maximum absolute atomic E-state index is 11.1. The van der Waals surface area contributed by atoms with Crippen LogP contribution in [0.25, 0.3) is 11.3 Å². The summed E-state index contributed by atoms with van der Waals surface area (Å²) in [6.45, 7) is -0.00333. The number of carbonyl (C=O) groups excluding carboxylic acids is 1. The molecule has 2 N–H and O–H groups in total. The van der Waals surface area contributed by atoms with Gasteiger partial charge in [0.15, 0.2) is 6.29 Å². The van der Waals surface area contributed by atoms with Gasteiger partial charge in [0.2, 0.25) is 0 Å². The zero-order chi connectivity index (χ0) is 13.8. The van der Waals surface area contributed by atoms with Gasteiger partial charge in [0.25, 0.3) is 0 Å². The van der Waals surface area contributed by atoms with Gasteiger partial charge in [-0.05, 0) is 12.1 Å². The molecule has 0 spiro atoms. The number of nitrogens with two attached hydrogens (primary N) is 1. The highest BCUT2D eigenvalue weighted by atomic mass is 16.5. The first-order chi connectivity index (χ1) is 9.21. The first-order valence-corrected chi connectivity index (χ1v) is 5.54. The SMILES string of the molecule is COc1cccc(-c2nn(CC#N)c(N)c2C=O)c1. The molecule has 2 aromatic rings. The third-order valence-electron chi connectivity index (χ3n) is 2.71. The van der Waals surface area contributed by atoms with Crippen molar-refractivity contribution in [2.24, 2.45) is 0 Å². The van der Waals surface area contributed by atoms with Gasteiger partial charge >= 0.3 is 0 Å². The lowest BCUT2D eigenvalue weighted by Crippen LogP contribution is -2.03. The van der Waals surface area contributed by atoms with E-state index in [0.29, 0.717) is 23.3 Å². The standard InChI is InChI=1S/C13H12N4O2/c1-19-10-4-2-3-9(7-10)12-11(8-18)13(15)17(16-12)6-5-14/h2-4,7-8H,6,15H2,1H3. The van der Waals surface area contributed by atoms with E-state index in [0.717, 1.165) is 0 Å². The quantitative estimate of drug-likeness (QED) is 0.836. The van der Waals surface area contributed by atoms with Gasteiger partial charge in [0, 0.05) is 5.56 Å². The highest BCUT2D eigenvalue weighted by Gasteiger charge is 2.16. The molecule has 2 rings (SSSR count). The number of aromatic nitrogens is 2. The Hall–Kier alpha value is -2.81. The van der Waals surface area contributed by atoms with Crippen LogP contribution in [-0.2, 0) is 6.54 Å². The van der Waals surface area contributed by atoms with Crippen molar-refractivity contribution < 1.29 is 9.53 Å². The molecular weight excluding hydrogens is 244 g/mol. The molecule has 0 aliphatic carbocycles. The lowest BCUT2D eigenvalue weighted by atomic mass is 10.1. The van der Waals surface area contributed by atoms with Gasteiger partial charge < -0.3 is 10.5 Å². The number of anilines is 1. The van der Waals surface area contributed by atoms with Crippen LogP contribution in [0.2, 0.25) is 0 Å². The number of benzene rings is 1. The second-order valence-corrected chi connectivity index (χ2v) is 3.81. The average Bonchev–Trinajstić information content (AvgIpc) is 2.76. The number of nitrogen functional groups attached to an aromatic ring is 1. The predicted octanol–water partition coefficient (Wildman–Crippen LogP) is 1.48. The molecule has 96 valence electrons. The van der Waals surface area contributed by atoms with Crippen LogP contribution in [0.1, 0.15) is 10.4 Å². The largest absolute Gasteiger partial charge is 0.497 e. The van der Waals surface area contributed by atoms with Gasteiger partial charge in [0.05, 0.1) is 18.7 Å². The second kappa shape index (κ2) is 5.23. The summed E-state index contributed by atoms with van der Waals surface area (Å²) in [7, 11) is 1.56. The number of ether oxygens (including phenoxy) is 1. The van der Waals surface area contributed by atoms with Gasteiger partial charge in [-0.15, -0.1) is 0 Å². The molecule has 19 heavy (non-hydrogen) atoms. The molecule has 1 aromatic carbocycles. The summed E-state index contributed by atoms with van der Waals surface area (Å²) in [5, 5.41) is 12.9. The van der Waals surface area contributed by atoms with Gasteiger partial charge in [-0.2, -0.15) is 10.4 Å². The Morgan fingerprint density at radius 1 is 1.58 bits per heavy atom. The molecule has 0 bridgehead atoms. The van der Waals surface area contributed by atoms with Crippen LogP contribution in [-0.4, -0.2) is 23.2 Å². The number of hydrogen-bond acceptors (Lipinski definition) is 5. The Morgan fingerprint density at radius 3 is 3.00 bits per heavy atom. The molecule has 0 saturated carbocycles. The molecular formula is C13H12N4O2. The lowest BCUT2D eigenvalue weighted by molar-refractivity contribution is 0.112. The number of carbonyl (C=O) groups is 1. The molecule has 0 amide bonds. The molecule has 6 heteroatoms. The van der Waals surface area contributed by atoms with Crippen molar-refractivity contribution in [3.8, 4) is 23.1 Å². The smallest absolute Gasteiger partial charge is 0.156 e. The van der Waals surface area contributed by atoms with Crippen molar-refractivity contribution in [1.82, 2.24) is 9.78 Å². The van der Waals surface area contributed by atoms with Gasteiger partial charge in [0.1, 0.15) is 23.8 Å². The van der Waals surface area contributed by atoms with Crippen LogP contribution in [0.15, 0.2) is 24.3 Å². The Morgan fingerprint density at radius 2 is 2.37 bits per heavy atom. The van der Waals surface area contributed by atoms with E-state index in [1.807, 2.05) is 6.07 Å². The van der Waals surface area contributed by atoms with Crippen LogP contribution in [0.3, 0.4) is 0 Å². The van der Waals surface area contributed by atoms with E-state index < -0.39 is 0 Å². The fourth-order valence-corrected chi connectivity index (χ4v) is 1.78. The minimum absolute atomic E-state index is 0.00333. The topological polar surface area (TPSA) is 93.9 Å². The first-order valence-electron chi connectivity index (χ1n) is 5.54. The molecule has 0 aliphatic rings. The summed E-state index contributed by atoms with van der Waals surface area (Å²) in [5.41, 5.74) is 7.24. The number of aldehydes is 1. The Kier molecular flexibility index (Phi) is 3.48. The van der Waals surface area contributed by atoms with Crippen molar-refractivity contribution in [2.75, 3.05) is 12.8 Å². The summed E-state index contributed by atoms with van der Waals surface area (Å²) in [5.74, 6) is 0.845. The average molecular weight is 256 g/mol. The third-order valence-corrected chi connectivity index (χ3v) is 2.71. The molecule has 0 radical (unpaired) electrons. The third kappa shape index (κ3) is 2.26. The van der Waals surface area contributed by atoms with E-state index >= 15 is 0 Å². The van der Waals surface area contributed by atoms with Crippen molar-refractivity contribution in [1.29, 1.82) is 5.26 Å². The van der Waals surface area contributed by atoms with Gasteiger partial charge in [-0.3, -0.25) is 4.79 Å². The summed E-state index contributed by atoms with van der Waals surface area (Å²) >= 11 is 0. The van der Waals surface area contributed by atoms with Crippen LogP contribution in [0, 0.1) is 11.3 Å². The maximum atomic E-state index is 11.1. The Labute approximate surface area is 110 Å². The van der Waals surface area contributed by atoms with Gasteiger partial charge in [-0.25, -0.2) is 4.68 Å². The minimum atomic E-state index is -0.00333. The highest BCUT2D eigenvalue weighted by molar-refractivity contribution is 5.91. The number of nitrogens with zero attached hydrogens (tertiary/aromatic N) is 3. The molecule has 1 heterocycles. The van der Waals surface area contributed by atoms with Crippen LogP contribution in [0.4, 0.5) is 5.82 Å². The van der Waals surface area contributed by atoms with Crippen LogP contribution < -0.4 is 10.5 Å². The minimum Gasteiger partial charge on any atom is -0.497 e. The van der Waals surface area contributed by atoms with E-state index in [1.165, 1.54) is 4.68 Å². The lowest BCUT2D eigenvalue weighted by Gasteiger charge is -2.02. The molecule has 0 aliphatic heterocycles. The molecule has 6 nitrogen and oxygen atoms in total. The molecule has 0 fully saturated rings. The van der Waals surface area contributed by atoms with E-state index in [4.69, 9.17) is 15.7 Å². The summed E-state index contributed by atoms with van der Waals surface area (Å²) in [4.78, 5) is 11.1. The first kappa shape index (κ1) is 12.6. The summed E-state index contributed by atoms with van der Waals surface area (Å²) in [6.07, 6.45) is 0.644. The molecule has 0 unspecified atom stereocenters. The zero-order valence-corrected chi connectivity index (χ0v) is 10.3. The van der Waals surface area contributed by atoms with Crippen LogP contribution in [0.5, 0.6) is 5.75 Å². The number of nitriles is 1. The highest BCUT2D eigenvalue weighted by Crippen LogP contribution is 2.28.